The normalized spacial score (nSPS) is 24.6. The molecule has 0 aliphatic carbocycles. The van der Waals surface area contributed by atoms with E-state index in [2.05, 4.69) is 10.00 Å². The van der Waals surface area contributed by atoms with Gasteiger partial charge in [0.2, 0.25) is 0 Å². The Labute approximate surface area is 147 Å². The molecule has 0 unspecified atom stereocenters. The van der Waals surface area contributed by atoms with E-state index in [9.17, 15) is 9.90 Å². The molecule has 0 saturated carbocycles. The van der Waals surface area contributed by atoms with Crippen LogP contribution in [0.3, 0.4) is 0 Å². The average molecular weight is 340 g/mol. The molecule has 2 aliphatic rings. The number of aliphatic hydroxyl groups is 1. The van der Waals surface area contributed by atoms with Crippen LogP contribution >= 0.6 is 0 Å². The molecule has 0 bridgehead atoms. The van der Waals surface area contributed by atoms with Crippen LogP contribution in [0.5, 0.6) is 0 Å². The number of benzene rings is 1. The molecule has 2 saturated heterocycles. The lowest BCUT2D eigenvalue weighted by molar-refractivity contribution is 0.0702. The van der Waals surface area contributed by atoms with Gasteiger partial charge in [0.1, 0.15) is 0 Å². The summed E-state index contributed by atoms with van der Waals surface area (Å²) in [6.45, 7) is 3.06. The molecule has 4 rings (SSSR count). The number of nitrogens with zero attached hydrogens (tertiary/aromatic N) is 4. The number of carbonyl (C=O) groups excluding carboxylic acids is 1. The summed E-state index contributed by atoms with van der Waals surface area (Å²) in [6.07, 6.45) is 6.75. The second kappa shape index (κ2) is 6.98. The van der Waals surface area contributed by atoms with Gasteiger partial charge in [-0.25, -0.2) is 4.68 Å². The standard InChI is InChI=1S/C19H24N4O2/c24-18-14-22(13-17(18)21-9-2-1-3-10-21)19(25)15-6-4-7-16(12-15)23-11-5-8-20-23/h4-8,11-12,17-18,24H,1-3,9-10,13-14H2/t17-,18-/m1/s1. The van der Waals surface area contributed by atoms with E-state index in [1.807, 2.05) is 36.5 Å². The second-order valence-corrected chi connectivity index (χ2v) is 6.94. The highest BCUT2D eigenvalue weighted by molar-refractivity contribution is 5.95. The van der Waals surface area contributed by atoms with Gasteiger partial charge in [0, 0.05) is 31.0 Å². The van der Waals surface area contributed by atoms with Gasteiger partial charge in [-0.3, -0.25) is 9.69 Å². The van der Waals surface area contributed by atoms with Gasteiger partial charge >= 0.3 is 0 Å². The lowest BCUT2D eigenvalue weighted by atomic mass is 10.1. The van der Waals surface area contributed by atoms with Crippen molar-refractivity contribution in [3.05, 3.63) is 48.3 Å². The number of β-amino-alcohol motifs (C(OH)–C–C–N with tert-alkyl or cyclic N) is 1. The molecule has 1 aromatic heterocycles. The van der Waals surface area contributed by atoms with Crippen molar-refractivity contribution in [3.63, 3.8) is 0 Å². The van der Waals surface area contributed by atoms with Crippen LogP contribution in [-0.4, -0.2) is 68.9 Å². The maximum atomic E-state index is 12.9. The van der Waals surface area contributed by atoms with Gasteiger partial charge in [0.15, 0.2) is 0 Å². The number of carbonyl (C=O) groups is 1. The third-order valence-corrected chi connectivity index (χ3v) is 5.27. The van der Waals surface area contributed by atoms with E-state index in [0.29, 0.717) is 18.7 Å². The van der Waals surface area contributed by atoms with Crippen molar-refractivity contribution in [2.75, 3.05) is 26.2 Å². The minimum atomic E-state index is -0.462. The predicted octanol–water partition coefficient (Wildman–Crippen LogP) is 1.54. The number of hydrogen-bond acceptors (Lipinski definition) is 4. The van der Waals surface area contributed by atoms with E-state index in [4.69, 9.17) is 0 Å². The Balaban J connectivity index is 1.49. The first-order chi connectivity index (χ1) is 12.2. The molecular formula is C19H24N4O2. The molecule has 1 amide bonds. The van der Waals surface area contributed by atoms with Crippen LogP contribution in [0.1, 0.15) is 29.6 Å². The van der Waals surface area contributed by atoms with E-state index < -0.39 is 6.10 Å². The fraction of sp³-hybridized carbons (Fsp3) is 0.474. The maximum absolute atomic E-state index is 12.9. The monoisotopic (exact) mass is 340 g/mol. The first-order valence-corrected chi connectivity index (χ1v) is 9.04. The lowest BCUT2D eigenvalue weighted by Gasteiger charge is -2.33. The van der Waals surface area contributed by atoms with Crippen LogP contribution in [0.4, 0.5) is 0 Å². The molecule has 25 heavy (non-hydrogen) atoms. The summed E-state index contributed by atoms with van der Waals surface area (Å²) in [5.74, 6) is -0.0208. The zero-order valence-electron chi connectivity index (χ0n) is 14.3. The maximum Gasteiger partial charge on any atom is 0.254 e. The minimum absolute atomic E-state index is 0.0208. The number of hydrogen-bond donors (Lipinski definition) is 1. The van der Waals surface area contributed by atoms with E-state index in [-0.39, 0.29) is 11.9 Å². The van der Waals surface area contributed by atoms with Gasteiger partial charge in [0.05, 0.1) is 17.8 Å². The SMILES string of the molecule is O=C(c1cccc(-n2cccn2)c1)N1C[C@@H](O)[C@H](N2CCCCC2)C1. The molecule has 132 valence electrons. The molecule has 1 aromatic carbocycles. The van der Waals surface area contributed by atoms with Crippen LogP contribution in [0.15, 0.2) is 42.7 Å². The van der Waals surface area contributed by atoms with Crippen LogP contribution in [0.2, 0.25) is 0 Å². The van der Waals surface area contributed by atoms with Crippen LogP contribution in [0, 0.1) is 0 Å². The molecule has 2 aliphatic heterocycles. The highest BCUT2D eigenvalue weighted by atomic mass is 16.3. The van der Waals surface area contributed by atoms with Crippen molar-refractivity contribution >= 4 is 5.91 Å². The number of amides is 1. The summed E-state index contributed by atoms with van der Waals surface area (Å²) < 4.78 is 1.74. The lowest BCUT2D eigenvalue weighted by Crippen LogP contribution is -2.46. The van der Waals surface area contributed by atoms with Crippen molar-refractivity contribution in [1.82, 2.24) is 19.6 Å². The molecular weight excluding hydrogens is 316 g/mol. The zero-order chi connectivity index (χ0) is 17.2. The van der Waals surface area contributed by atoms with Crippen molar-refractivity contribution in [2.45, 2.75) is 31.4 Å². The Kier molecular flexibility index (Phi) is 4.55. The molecule has 6 heteroatoms. The van der Waals surface area contributed by atoms with Gasteiger partial charge in [-0.05, 0) is 50.2 Å². The van der Waals surface area contributed by atoms with E-state index >= 15 is 0 Å². The fourth-order valence-electron chi connectivity index (χ4n) is 3.93. The molecule has 2 atom stereocenters. The number of aromatic nitrogens is 2. The number of aliphatic hydroxyl groups excluding tert-OH is 1. The summed E-state index contributed by atoms with van der Waals surface area (Å²) in [7, 11) is 0. The summed E-state index contributed by atoms with van der Waals surface area (Å²) in [6, 6.07) is 9.41. The van der Waals surface area contributed by atoms with E-state index in [1.54, 1.807) is 15.8 Å². The predicted molar refractivity (Wildman–Crippen MR) is 94.7 cm³/mol. The zero-order valence-corrected chi connectivity index (χ0v) is 14.3. The molecule has 0 radical (unpaired) electrons. The Morgan fingerprint density at radius 3 is 2.72 bits per heavy atom. The Morgan fingerprint density at radius 1 is 1.12 bits per heavy atom. The largest absolute Gasteiger partial charge is 0.390 e. The Hall–Kier alpha value is -2.18. The van der Waals surface area contributed by atoms with Crippen LogP contribution in [-0.2, 0) is 0 Å². The quantitative estimate of drug-likeness (QED) is 0.921. The van der Waals surface area contributed by atoms with Crippen molar-refractivity contribution < 1.29 is 9.90 Å². The molecule has 3 heterocycles. The van der Waals surface area contributed by atoms with Crippen molar-refractivity contribution in [3.8, 4) is 5.69 Å². The summed E-state index contributed by atoms with van der Waals surface area (Å²) >= 11 is 0. The highest BCUT2D eigenvalue weighted by Gasteiger charge is 2.38. The first-order valence-electron chi connectivity index (χ1n) is 9.04. The number of likely N-dealkylation sites (tertiary alicyclic amines) is 2. The third kappa shape index (κ3) is 3.32. The van der Waals surface area contributed by atoms with Crippen molar-refractivity contribution in [1.29, 1.82) is 0 Å². The number of rotatable bonds is 3. The Bertz CT molecular complexity index is 725. The second-order valence-electron chi connectivity index (χ2n) is 6.94. The topological polar surface area (TPSA) is 61.6 Å². The average Bonchev–Trinajstić information content (AvgIpc) is 3.32. The summed E-state index contributed by atoms with van der Waals surface area (Å²) in [4.78, 5) is 17.0. The van der Waals surface area contributed by atoms with Crippen LogP contribution in [0.25, 0.3) is 5.69 Å². The molecule has 1 N–H and O–H groups in total. The van der Waals surface area contributed by atoms with Gasteiger partial charge < -0.3 is 10.0 Å². The smallest absolute Gasteiger partial charge is 0.254 e. The highest BCUT2D eigenvalue weighted by Crippen LogP contribution is 2.22. The van der Waals surface area contributed by atoms with Crippen LogP contribution < -0.4 is 0 Å². The number of piperidine rings is 1. The summed E-state index contributed by atoms with van der Waals surface area (Å²) in [5.41, 5.74) is 1.50. The summed E-state index contributed by atoms with van der Waals surface area (Å²) in [5, 5.41) is 14.7. The molecule has 6 nitrogen and oxygen atoms in total. The van der Waals surface area contributed by atoms with Gasteiger partial charge in [-0.15, -0.1) is 0 Å². The van der Waals surface area contributed by atoms with E-state index in [1.165, 1.54) is 19.3 Å². The minimum Gasteiger partial charge on any atom is -0.390 e. The van der Waals surface area contributed by atoms with Crippen molar-refractivity contribution in [2.24, 2.45) is 0 Å². The van der Waals surface area contributed by atoms with Gasteiger partial charge in [-0.2, -0.15) is 5.10 Å². The van der Waals surface area contributed by atoms with Gasteiger partial charge in [0.25, 0.3) is 5.91 Å². The third-order valence-electron chi connectivity index (χ3n) is 5.27. The Morgan fingerprint density at radius 2 is 1.96 bits per heavy atom. The first kappa shape index (κ1) is 16.3. The molecule has 2 fully saturated rings. The van der Waals surface area contributed by atoms with Gasteiger partial charge in [-0.1, -0.05) is 12.5 Å². The fourth-order valence-corrected chi connectivity index (χ4v) is 3.93. The molecule has 0 spiro atoms. The van der Waals surface area contributed by atoms with E-state index in [0.717, 1.165) is 18.8 Å². The molecule has 2 aromatic rings.